The molecule has 26 heavy (non-hydrogen) atoms. The summed E-state index contributed by atoms with van der Waals surface area (Å²) in [6.07, 6.45) is -0.174. The smallest absolute Gasteiger partial charge is 0.203 e. The normalized spacial score (nSPS) is 22.1. The fraction of sp³-hybridized carbons (Fsp3) is 0.684. The molecule has 1 N–H and O–H groups in total. The number of hydrogen-bond acceptors (Lipinski definition) is 7. The van der Waals surface area contributed by atoms with Gasteiger partial charge in [0.05, 0.1) is 52.9 Å². The molecule has 0 amide bonds. The van der Waals surface area contributed by atoms with Crippen LogP contribution in [0.15, 0.2) is 12.1 Å². The lowest BCUT2D eigenvalue weighted by Gasteiger charge is -2.36. The molecule has 0 unspecified atom stereocenters. The Bertz CT molecular complexity index is 532. The van der Waals surface area contributed by atoms with Gasteiger partial charge in [0.1, 0.15) is 0 Å². The lowest BCUT2D eigenvalue weighted by Crippen LogP contribution is -2.48. The van der Waals surface area contributed by atoms with Crippen molar-refractivity contribution < 1.29 is 28.8 Å². The van der Waals surface area contributed by atoms with E-state index in [1.54, 1.807) is 21.3 Å². The Morgan fingerprint density at radius 1 is 1.08 bits per heavy atom. The highest BCUT2D eigenvalue weighted by Crippen LogP contribution is 2.38. The van der Waals surface area contributed by atoms with Gasteiger partial charge >= 0.3 is 0 Å². The maximum Gasteiger partial charge on any atom is 0.203 e. The molecule has 2 rings (SSSR count). The number of benzene rings is 1. The van der Waals surface area contributed by atoms with E-state index in [1.165, 1.54) is 0 Å². The van der Waals surface area contributed by atoms with E-state index in [0.717, 1.165) is 18.7 Å². The van der Waals surface area contributed by atoms with Crippen LogP contribution in [0.3, 0.4) is 0 Å². The van der Waals surface area contributed by atoms with Crippen molar-refractivity contribution in [1.82, 2.24) is 4.90 Å². The Morgan fingerprint density at radius 3 is 2.15 bits per heavy atom. The van der Waals surface area contributed by atoms with E-state index in [1.807, 2.05) is 12.1 Å². The van der Waals surface area contributed by atoms with Crippen LogP contribution in [0.1, 0.15) is 19.4 Å². The molecule has 148 valence electrons. The molecule has 1 aliphatic rings. The molecular weight excluding hydrogens is 338 g/mol. The first-order chi connectivity index (χ1) is 12.5. The first kappa shape index (κ1) is 20.8. The Labute approximate surface area is 155 Å². The van der Waals surface area contributed by atoms with E-state index in [4.69, 9.17) is 23.7 Å². The van der Waals surface area contributed by atoms with Crippen molar-refractivity contribution in [2.45, 2.75) is 38.8 Å². The Hall–Kier alpha value is -1.54. The van der Waals surface area contributed by atoms with Crippen LogP contribution < -0.4 is 14.2 Å². The third-order valence-electron chi connectivity index (χ3n) is 4.27. The highest BCUT2D eigenvalue weighted by atomic mass is 16.5. The third kappa shape index (κ3) is 5.74. The molecule has 0 aromatic heterocycles. The maximum atomic E-state index is 10.3. The molecule has 0 spiro atoms. The quantitative estimate of drug-likeness (QED) is 0.710. The number of rotatable bonds is 9. The van der Waals surface area contributed by atoms with Gasteiger partial charge < -0.3 is 28.8 Å². The Kier molecular flexibility index (Phi) is 7.96. The van der Waals surface area contributed by atoms with Gasteiger partial charge in [-0.2, -0.15) is 0 Å². The number of methoxy groups -OCH3 is 3. The van der Waals surface area contributed by atoms with Gasteiger partial charge in [0.15, 0.2) is 11.5 Å². The van der Waals surface area contributed by atoms with Gasteiger partial charge in [-0.15, -0.1) is 0 Å². The van der Waals surface area contributed by atoms with Crippen molar-refractivity contribution in [3.8, 4) is 17.2 Å². The molecule has 1 saturated heterocycles. The molecular formula is C19H31NO6. The number of hydrogen-bond donors (Lipinski definition) is 1. The van der Waals surface area contributed by atoms with E-state index >= 15 is 0 Å². The lowest BCUT2D eigenvalue weighted by atomic mass is 10.2. The minimum absolute atomic E-state index is 0.186. The molecule has 0 radical (unpaired) electrons. The van der Waals surface area contributed by atoms with Gasteiger partial charge in [0.2, 0.25) is 5.75 Å². The van der Waals surface area contributed by atoms with Crippen LogP contribution in [0.2, 0.25) is 0 Å². The summed E-state index contributed by atoms with van der Waals surface area (Å²) in [4.78, 5) is 2.21. The summed E-state index contributed by atoms with van der Waals surface area (Å²) in [5.74, 6) is 1.72. The minimum Gasteiger partial charge on any atom is -0.493 e. The molecule has 1 aromatic rings. The molecule has 0 saturated carbocycles. The number of ether oxygens (including phenoxy) is 5. The SMILES string of the molecule is COc1cc(COC[C@@H](O)CN2C[C@@H](C)O[C@H](C)C2)cc(OC)c1OC. The van der Waals surface area contributed by atoms with E-state index in [-0.39, 0.29) is 18.8 Å². The number of β-amino-alcohol motifs (C(OH)–C–C–N with tert-alkyl or cyclic N) is 1. The largest absolute Gasteiger partial charge is 0.493 e. The first-order valence-electron chi connectivity index (χ1n) is 8.89. The molecule has 0 bridgehead atoms. The summed E-state index contributed by atoms with van der Waals surface area (Å²) in [6, 6.07) is 3.69. The number of morpholine rings is 1. The first-order valence-corrected chi connectivity index (χ1v) is 8.89. The van der Waals surface area contributed by atoms with Gasteiger partial charge in [0.25, 0.3) is 0 Å². The topological polar surface area (TPSA) is 69.6 Å². The molecule has 7 heteroatoms. The summed E-state index contributed by atoms with van der Waals surface area (Å²) < 4.78 is 27.4. The third-order valence-corrected chi connectivity index (χ3v) is 4.27. The van der Waals surface area contributed by atoms with Gasteiger partial charge in [-0.1, -0.05) is 0 Å². The van der Waals surface area contributed by atoms with Crippen LogP contribution in [0.5, 0.6) is 17.2 Å². The van der Waals surface area contributed by atoms with Crippen molar-refractivity contribution >= 4 is 0 Å². The van der Waals surface area contributed by atoms with Crippen LogP contribution in [-0.4, -0.2) is 75.9 Å². The van der Waals surface area contributed by atoms with Crippen molar-refractivity contribution in [3.63, 3.8) is 0 Å². The fourth-order valence-electron chi connectivity index (χ4n) is 3.32. The Balaban J connectivity index is 1.85. The number of aliphatic hydroxyl groups excluding tert-OH is 1. The fourth-order valence-corrected chi connectivity index (χ4v) is 3.32. The van der Waals surface area contributed by atoms with Crippen LogP contribution in [-0.2, 0) is 16.1 Å². The van der Waals surface area contributed by atoms with Gasteiger partial charge in [0, 0.05) is 19.6 Å². The van der Waals surface area contributed by atoms with E-state index < -0.39 is 6.10 Å². The zero-order valence-electron chi connectivity index (χ0n) is 16.4. The number of nitrogens with zero attached hydrogens (tertiary/aromatic N) is 1. The summed E-state index contributed by atoms with van der Waals surface area (Å²) >= 11 is 0. The molecule has 1 aliphatic heterocycles. The van der Waals surface area contributed by atoms with Gasteiger partial charge in [-0.05, 0) is 31.5 Å². The van der Waals surface area contributed by atoms with Crippen LogP contribution in [0.4, 0.5) is 0 Å². The van der Waals surface area contributed by atoms with Gasteiger partial charge in [-0.3, -0.25) is 4.90 Å². The molecule has 7 nitrogen and oxygen atoms in total. The van der Waals surface area contributed by atoms with Crippen molar-refractivity contribution in [1.29, 1.82) is 0 Å². The summed E-state index contributed by atoms with van der Waals surface area (Å²) in [7, 11) is 4.73. The van der Waals surface area contributed by atoms with Crippen molar-refractivity contribution in [2.24, 2.45) is 0 Å². The standard InChI is InChI=1S/C19H31NO6/c1-13-8-20(9-14(2)26-13)10-16(21)12-25-11-15-6-17(22-3)19(24-5)18(7-15)23-4/h6-7,13-14,16,21H,8-12H2,1-5H3/t13-,14-,16+/m1/s1. The highest BCUT2D eigenvalue weighted by molar-refractivity contribution is 5.53. The van der Waals surface area contributed by atoms with Crippen LogP contribution in [0, 0.1) is 0 Å². The van der Waals surface area contributed by atoms with Gasteiger partial charge in [-0.25, -0.2) is 0 Å². The second kappa shape index (κ2) is 9.97. The second-order valence-corrected chi connectivity index (χ2v) is 6.68. The highest BCUT2D eigenvalue weighted by Gasteiger charge is 2.23. The molecule has 0 aliphatic carbocycles. The van der Waals surface area contributed by atoms with E-state index in [2.05, 4.69) is 18.7 Å². The Morgan fingerprint density at radius 2 is 1.65 bits per heavy atom. The maximum absolute atomic E-state index is 10.3. The summed E-state index contributed by atoms with van der Waals surface area (Å²) in [6.45, 7) is 6.95. The predicted octanol–water partition coefficient (Wildman–Crippen LogP) is 1.70. The second-order valence-electron chi connectivity index (χ2n) is 6.68. The van der Waals surface area contributed by atoms with Crippen LogP contribution in [0.25, 0.3) is 0 Å². The molecule has 1 heterocycles. The van der Waals surface area contributed by atoms with E-state index in [9.17, 15) is 5.11 Å². The predicted molar refractivity (Wildman–Crippen MR) is 98.2 cm³/mol. The van der Waals surface area contributed by atoms with Crippen LogP contribution >= 0.6 is 0 Å². The zero-order valence-corrected chi connectivity index (χ0v) is 16.4. The minimum atomic E-state index is -0.547. The average molecular weight is 369 g/mol. The average Bonchev–Trinajstić information content (AvgIpc) is 2.59. The number of aliphatic hydroxyl groups is 1. The summed E-state index contributed by atoms with van der Waals surface area (Å²) in [5.41, 5.74) is 0.889. The molecule has 1 aromatic carbocycles. The summed E-state index contributed by atoms with van der Waals surface area (Å²) in [5, 5.41) is 10.3. The lowest BCUT2D eigenvalue weighted by molar-refractivity contribution is -0.0826. The molecule has 3 atom stereocenters. The van der Waals surface area contributed by atoms with Crippen molar-refractivity contribution in [2.75, 3.05) is 47.6 Å². The zero-order chi connectivity index (χ0) is 19.1. The molecule has 1 fully saturated rings. The van der Waals surface area contributed by atoms with E-state index in [0.29, 0.717) is 30.4 Å². The monoisotopic (exact) mass is 369 g/mol. The van der Waals surface area contributed by atoms with Crippen molar-refractivity contribution in [3.05, 3.63) is 17.7 Å².